The van der Waals surface area contributed by atoms with Crippen LogP contribution in [0, 0.1) is 11.3 Å². The number of carbonyl (C=O) groups excluding carboxylic acids is 3. The third kappa shape index (κ3) is 7.07. The number of halogens is 1. The number of piperidine rings is 1. The normalized spacial score (nSPS) is 22.7. The van der Waals surface area contributed by atoms with Crippen LogP contribution in [0.25, 0.3) is 0 Å². The Morgan fingerprint density at radius 1 is 1.02 bits per heavy atom. The molecule has 44 heavy (non-hydrogen) atoms. The van der Waals surface area contributed by atoms with Crippen LogP contribution < -0.4 is 10.6 Å². The SMILES string of the molecule is O=C(CC1NCCc2ccccc21)N[C@H](Cc1ccc(Cl)cc1)C(=O)N1CCC(CN2CCOC2=O)(C2CCCCC2)CC1. The van der Waals surface area contributed by atoms with Crippen LogP contribution in [0.3, 0.4) is 0 Å². The largest absolute Gasteiger partial charge is 0.448 e. The first-order valence-electron chi connectivity index (χ1n) is 16.5. The molecule has 8 nitrogen and oxygen atoms in total. The molecule has 0 spiro atoms. The number of benzene rings is 2. The topological polar surface area (TPSA) is 91.0 Å². The smallest absolute Gasteiger partial charge is 0.409 e. The molecular weight excluding hydrogens is 576 g/mol. The van der Waals surface area contributed by atoms with Crippen LogP contribution in [0.1, 0.15) is 74.1 Å². The highest BCUT2D eigenvalue weighted by molar-refractivity contribution is 6.30. The van der Waals surface area contributed by atoms with Gasteiger partial charge in [0.1, 0.15) is 12.6 Å². The third-order valence-corrected chi connectivity index (χ3v) is 10.7. The number of nitrogens with one attached hydrogen (secondary N) is 2. The van der Waals surface area contributed by atoms with E-state index in [9.17, 15) is 14.4 Å². The minimum atomic E-state index is -0.668. The highest BCUT2D eigenvalue weighted by atomic mass is 35.5. The van der Waals surface area contributed by atoms with Crippen LogP contribution >= 0.6 is 11.6 Å². The maximum atomic E-state index is 14.2. The number of amides is 3. The Labute approximate surface area is 265 Å². The van der Waals surface area contributed by atoms with E-state index in [1.807, 2.05) is 46.2 Å². The molecule has 1 aliphatic carbocycles. The zero-order valence-electron chi connectivity index (χ0n) is 25.6. The average molecular weight is 621 g/mol. The van der Waals surface area contributed by atoms with Gasteiger partial charge in [-0.05, 0) is 78.8 Å². The van der Waals surface area contributed by atoms with Gasteiger partial charge < -0.3 is 25.2 Å². The fourth-order valence-electron chi connectivity index (χ4n) is 8.02. The summed E-state index contributed by atoms with van der Waals surface area (Å²) >= 11 is 6.14. The number of fused-ring (bicyclic) bond motifs is 1. The van der Waals surface area contributed by atoms with Crippen molar-refractivity contribution in [1.29, 1.82) is 0 Å². The average Bonchev–Trinajstić information content (AvgIpc) is 3.45. The molecule has 3 amide bonds. The zero-order valence-corrected chi connectivity index (χ0v) is 26.3. The number of hydrogen-bond donors (Lipinski definition) is 2. The molecule has 2 aromatic rings. The lowest BCUT2D eigenvalue weighted by atomic mass is 9.63. The Kier molecular flexibility index (Phi) is 9.77. The Bertz CT molecular complexity index is 1320. The van der Waals surface area contributed by atoms with E-state index < -0.39 is 6.04 Å². The van der Waals surface area contributed by atoms with E-state index in [1.54, 1.807) is 0 Å². The first-order valence-corrected chi connectivity index (χ1v) is 16.8. The number of ether oxygens (including phenoxy) is 1. The van der Waals surface area contributed by atoms with Crippen molar-refractivity contribution >= 4 is 29.5 Å². The number of carbonyl (C=O) groups is 3. The molecule has 236 valence electrons. The van der Waals surface area contributed by atoms with Crippen LogP contribution in [-0.2, 0) is 27.2 Å². The Morgan fingerprint density at radius 3 is 2.50 bits per heavy atom. The summed E-state index contributed by atoms with van der Waals surface area (Å²) in [7, 11) is 0. The van der Waals surface area contributed by atoms with Crippen molar-refractivity contribution in [2.75, 3.05) is 39.3 Å². The molecule has 6 rings (SSSR count). The molecule has 0 radical (unpaired) electrons. The molecule has 3 aliphatic heterocycles. The molecule has 2 saturated heterocycles. The molecule has 0 bridgehead atoms. The first kappa shape index (κ1) is 30.9. The first-order chi connectivity index (χ1) is 21.4. The number of nitrogens with zero attached hydrogens (tertiary/aromatic N) is 2. The van der Waals surface area contributed by atoms with Crippen LogP contribution in [0.15, 0.2) is 48.5 Å². The van der Waals surface area contributed by atoms with Crippen molar-refractivity contribution < 1.29 is 19.1 Å². The summed E-state index contributed by atoms with van der Waals surface area (Å²) < 4.78 is 5.27. The van der Waals surface area contributed by atoms with Crippen LogP contribution in [-0.4, -0.2) is 73.1 Å². The zero-order chi connectivity index (χ0) is 30.5. The van der Waals surface area contributed by atoms with Gasteiger partial charge in [0.2, 0.25) is 11.8 Å². The van der Waals surface area contributed by atoms with Gasteiger partial charge in [0, 0.05) is 43.5 Å². The molecule has 3 heterocycles. The van der Waals surface area contributed by atoms with Gasteiger partial charge in [-0.3, -0.25) is 9.59 Å². The highest BCUT2D eigenvalue weighted by Gasteiger charge is 2.46. The molecule has 3 fully saturated rings. The van der Waals surface area contributed by atoms with Crippen molar-refractivity contribution in [1.82, 2.24) is 20.4 Å². The molecular formula is C35H45ClN4O4. The van der Waals surface area contributed by atoms with Gasteiger partial charge in [-0.2, -0.15) is 0 Å². The third-order valence-electron chi connectivity index (χ3n) is 10.5. The Balaban J connectivity index is 1.16. The number of rotatable bonds is 9. The standard InChI is InChI=1S/C35H45ClN4O4/c36-28-12-10-25(11-13-28)22-31(38-32(41)23-30-29-9-5-4-6-26(29)14-17-37-30)33(42)39-18-15-35(16-19-39,27-7-2-1-3-8-27)24-40-20-21-44-34(40)43/h4-6,9-13,27,30-31,37H,1-3,7-8,14-24H2,(H,38,41)/t30?,31-/m1/s1. The lowest BCUT2D eigenvalue weighted by Gasteiger charge is -2.49. The van der Waals surface area contributed by atoms with E-state index in [2.05, 4.69) is 22.8 Å². The van der Waals surface area contributed by atoms with Gasteiger partial charge in [0.05, 0.1) is 6.54 Å². The molecule has 2 atom stereocenters. The predicted octanol–water partition coefficient (Wildman–Crippen LogP) is 5.29. The molecule has 9 heteroatoms. The maximum absolute atomic E-state index is 14.2. The van der Waals surface area contributed by atoms with Gasteiger partial charge >= 0.3 is 6.09 Å². The van der Waals surface area contributed by atoms with E-state index in [-0.39, 0.29) is 35.8 Å². The van der Waals surface area contributed by atoms with Crippen molar-refractivity contribution in [3.05, 3.63) is 70.2 Å². The van der Waals surface area contributed by atoms with Gasteiger partial charge in [-0.15, -0.1) is 0 Å². The fraction of sp³-hybridized carbons (Fsp3) is 0.571. The molecule has 1 unspecified atom stereocenters. The summed E-state index contributed by atoms with van der Waals surface area (Å²) in [5.41, 5.74) is 3.38. The maximum Gasteiger partial charge on any atom is 0.409 e. The van der Waals surface area contributed by atoms with Crippen molar-refractivity contribution in [2.24, 2.45) is 11.3 Å². The highest BCUT2D eigenvalue weighted by Crippen LogP contribution is 2.47. The molecule has 2 aromatic carbocycles. The number of likely N-dealkylation sites (tertiary alicyclic amines) is 1. The molecule has 4 aliphatic rings. The second-order valence-corrected chi connectivity index (χ2v) is 13.6. The van der Waals surface area contributed by atoms with Crippen molar-refractivity contribution in [3.63, 3.8) is 0 Å². The summed E-state index contributed by atoms with van der Waals surface area (Å²) in [5, 5.41) is 7.26. The summed E-state index contributed by atoms with van der Waals surface area (Å²) in [4.78, 5) is 43.9. The van der Waals surface area contributed by atoms with Crippen LogP contribution in [0.5, 0.6) is 0 Å². The van der Waals surface area contributed by atoms with Crippen LogP contribution in [0.4, 0.5) is 4.79 Å². The predicted molar refractivity (Wildman–Crippen MR) is 170 cm³/mol. The van der Waals surface area contributed by atoms with E-state index >= 15 is 0 Å². The fourth-order valence-corrected chi connectivity index (χ4v) is 8.15. The lowest BCUT2D eigenvalue weighted by molar-refractivity contribution is -0.139. The van der Waals surface area contributed by atoms with Crippen LogP contribution in [0.2, 0.25) is 5.02 Å². The van der Waals surface area contributed by atoms with Crippen molar-refractivity contribution in [3.8, 4) is 0 Å². The van der Waals surface area contributed by atoms with E-state index in [0.717, 1.165) is 36.9 Å². The van der Waals surface area contributed by atoms with E-state index in [1.165, 1.54) is 37.7 Å². The van der Waals surface area contributed by atoms with Gasteiger partial charge in [-0.1, -0.05) is 67.3 Å². The number of cyclic esters (lactones) is 1. The summed E-state index contributed by atoms with van der Waals surface area (Å²) in [5.74, 6) is 0.382. The van der Waals surface area contributed by atoms with E-state index in [4.69, 9.17) is 16.3 Å². The minimum Gasteiger partial charge on any atom is -0.448 e. The Morgan fingerprint density at radius 2 is 1.77 bits per heavy atom. The molecule has 0 aromatic heterocycles. The van der Waals surface area contributed by atoms with E-state index in [0.29, 0.717) is 50.1 Å². The second-order valence-electron chi connectivity index (χ2n) is 13.2. The number of hydrogen-bond acceptors (Lipinski definition) is 5. The Hall–Kier alpha value is -3.10. The molecule has 1 saturated carbocycles. The minimum absolute atomic E-state index is 0.00444. The van der Waals surface area contributed by atoms with Gasteiger partial charge in [0.15, 0.2) is 0 Å². The monoisotopic (exact) mass is 620 g/mol. The second kappa shape index (κ2) is 13.9. The summed E-state index contributed by atoms with van der Waals surface area (Å²) in [6.07, 6.45) is 9.24. The quantitative estimate of drug-likeness (QED) is 0.398. The summed E-state index contributed by atoms with van der Waals surface area (Å²) in [6.45, 7) is 3.89. The van der Waals surface area contributed by atoms with Gasteiger partial charge in [-0.25, -0.2) is 4.79 Å². The summed E-state index contributed by atoms with van der Waals surface area (Å²) in [6, 6.07) is 15.0. The van der Waals surface area contributed by atoms with Crippen molar-refractivity contribution in [2.45, 2.75) is 76.3 Å². The van der Waals surface area contributed by atoms with Gasteiger partial charge in [0.25, 0.3) is 0 Å². The molecule has 2 N–H and O–H groups in total. The lowest BCUT2D eigenvalue weighted by Crippen LogP contribution is -2.56.